The van der Waals surface area contributed by atoms with Gasteiger partial charge in [0.2, 0.25) is 5.91 Å². The summed E-state index contributed by atoms with van der Waals surface area (Å²) in [4.78, 5) is 22.9. The first kappa shape index (κ1) is 20.1. The molecule has 1 aromatic heterocycles. The van der Waals surface area contributed by atoms with Crippen molar-refractivity contribution in [2.24, 2.45) is 4.99 Å². The van der Waals surface area contributed by atoms with E-state index in [4.69, 9.17) is 0 Å². The Hall–Kier alpha value is -0.900. The number of aryl methyl sites for hydroxylation is 2. The number of nitrogens with one attached hydrogen (secondary N) is 2. The van der Waals surface area contributed by atoms with Crippen LogP contribution in [0.2, 0.25) is 0 Å². The summed E-state index contributed by atoms with van der Waals surface area (Å²) in [5.41, 5.74) is 1.04. The molecule has 8 heteroatoms. The van der Waals surface area contributed by atoms with Gasteiger partial charge in [0, 0.05) is 25.5 Å². The standard InChI is InChI=1S/C13H23N5OS.HI/c1-6-14-13(16-8-12(19)18(4)5)15-7-11-9(2)17-10(3)20-11;/h6-8H2,1-5H3,(H2,14,15,16);1H. The molecule has 0 bridgehead atoms. The fraction of sp³-hybridized carbons (Fsp3) is 0.615. The second kappa shape index (κ2) is 9.93. The van der Waals surface area contributed by atoms with Crippen molar-refractivity contribution < 1.29 is 4.79 Å². The van der Waals surface area contributed by atoms with Crippen LogP contribution in [-0.2, 0) is 11.3 Å². The van der Waals surface area contributed by atoms with Crippen LogP contribution in [0, 0.1) is 13.8 Å². The number of guanidine groups is 1. The Labute approximate surface area is 147 Å². The largest absolute Gasteiger partial charge is 0.357 e. The highest BCUT2D eigenvalue weighted by atomic mass is 127. The van der Waals surface area contributed by atoms with Crippen LogP contribution in [0.15, 0.2) is 4.99 Å². The number of nitrogens with zero attached hydrogens (tertiary/aromatic N) is 3. The van der Waals surface area contributed by atoms with Gasteiger partial charge in [0.25, 0.3) is 0 Å². The molecule has 120 valence electrons. The third-order valence-corrected chi connectivity index (χ3v) is 3.70. The van der Waals surface area contributed by atoms with E-state index in [9.17, 15) is 4.79 Å². The maximum absolute atomic E-state index is 11.5. The van der Waals surface area contributed by atoms with Gasteiger partial charge in [-0.25, -0.2) is 9.98 Å². The van der Waals surface area contributed by atoms with Crippen LogP contribution in [0.5, 0.6) is 0 Å². The topological polar surface area (TPSA) is 69.6 Å². The van der Waals surface area contributed by atoms with Crippen molar-refractivity contribution in [3.8, 4) is 0 Å². The van der Waals surface area contributed by atoms with E-state index in [1.165, 1.54) is 9.78 Å². The number of hydrogen-bond donors (Lipinski definition) is 2. The van der Waals surface area contributed by atoms with Crippen LogP contribution in [-0.4, -0.2) is 48.9 Å². The molecule has 21 heavy (non-hydrogen) atoms. The van der Waals surface area contributed by atoms with Crippen molar-refractivity contribution in [2.75, 3.05) is 27.2 Å². The zero-order valence-electron chi connectivity index (χ0n) is 13.2. The minimum Gasteiger partial charge on any atom is -0.357 e. The minimum atomic E-state index is -0.0213. The third-order valence-electron chi connectivity index (χ3n) is 2.63. The number of hydrogen-bond acceptors (Lipinski definition) is 4. The average molecular weight is 425 g/mol. The number of thiazole rings is 1. The lowest BCUT2D eigenvalue weighted by molar-refractivity contribution is -0.127. The summed E-state index contributed by atoms with van der Waals surface area (Å²) in [6.07, 6.45) is 0. The van der Waals surface area contributed by atoms with Crippen LogP contribution < -0.4 is 10.6 Å². The predicted octanol–water partition coefficient (Wildman–Crippen LogP) is 1.52. The maximum Gasteiger partial charge on any atom is 0.243 e. The van der Waals surface area contributed by atoms with Crippen molar-refractivity contribution in [3.63, 3.8) is 0 Å². The van der Waals surface area contributed by atoms with E-state index >= 15 is 0 Å². The molecule has 1 heterocycles. The van der Waals surface area contributed by atoms with E-state index in [1.54, 1.807) is 25.4 Å². The van der Waals surface area contributed by atoms with E-state index in [-0.39, 0.29) is 36.4 Å². The molecule has 1 aromatic rings. The molecule has 0 fully saturated rings. The summed E-state index contributed by atoms with van der Waals surface area (Å²) in [6, 6.07) is 0. The first-order chi connectivity index (χ1) is 9.43. The normalized spacial score (nSPS) is 10.8. The number of carbonyl (C=O) groups is 1. The molecule has 0 spiro atoms. The fourth-order valence-electron chi connectivity index (χ4n) is 1.53. The third kappa shape index (κ3) is 7.07. The summed E-state index contributed by atoms with van der Waals surface area (Å²) < 4.78 is 0. The number of carbonyl (C=O) groups excluding carboxylic acids is 1. The number of aromatic nitrogens is 1. The lowest BCUT2D eigenvalue weighted by Crippen LogP contribution is -2.38. The summed E-state index contributed by atoms with van der Waals surface area (Å²) in [7, 11) is 3.45. The molecule has 0 atom stereocenters. The smallest absolute Gasteiger partial charge is 0.243 e. The van der Waals surface area contributed by atoms with Gasteiger partial charge in [-0.2, -0.15) is 0 Å². The van der Waals surface area contributed by atoms with Crippen molar-refractivity contribution in [3.05, 3.63) is 15.6 Å². The Bertz CT molecular complexity index is 487. The molecule has 0 aromatic carbocycles. The molecular formula is C13H24IN5OS. The first-order valence-corrected chi connectivity index (χ1v) is 7.41. The second-order valence-electron chi connectivity index (χ2n) is 4.58. The zero-order valence-corrected chi connectivity index (χ0v) is 16.3. The lowest BCUT2D eigenvalue weighted by atomic mass is 10.4. The van der Waals surface area contributed by atoms with E-state index in [2.05, 4.69) is 20.6 Å². The molecule has 0 unspecified atom stereocenters. The van der Waals surface area contributed by atoms with E-state index in [0.29, 0.717) is 12.5 Å². The van der Waals surface area contributed by atoms with Crippen molar-refractivity contribution in [1.82, 2.24) is 20.5 Å². The monoisotopic (exact) mass is 425 g/mol. The Morgan fingerprint density at radius 3 is 2.48 bits per heavy atom. The SMILES string of the molecule is CCNC(=NCC(=O)N(C)C)NCc1sc(C)nc1C.I. The summed E-state index contributed by atoms with van der Waals surface area (Å²) in [6.45, 7) is 7.55. The minimum absolute atomic E-state index is 0. The van der Waals surface area contributed by atoms with E-state index in [0.717, 1.165) is 17.2 Å². The number of amides is 1. The van der Waals surface area contributed by atoms with Crippen molar-refractivity contribution >= 4 is 47.2 Å². The van der Waals surface area contributed by atoms with Crippen LogP contribution in [0.3, 0.4) is 0 Å². The molecule has 0 aliphatic carbocycles. The van der Waals surface area contributed by atoms with Crippen molar-refractivity contribution in [1.29, 1.82) is 0 Å². The van der Waals surface area contributed by atoms with Gasteiger partial charge in [-0.3, -0.25) is 4.79 Å². The summed E-state index contributed by atoms with van der Waals surface area (Å²) in [5, 5.41) is 7.41. The first-order valence-electron chi connectivity index (χ1n) is 6.59. The maximum atomic E-state index is 11.5. The van der Waals surface area contributed by atoms with E-state index < -0.39 is 0 Å². The Balaban J connectivity index is 0.00000400. The molecule has 0 saturated carbocycles. The summed E-state index contributed by atoms with van der Waals surface area (Å²) >= 11 is 1.67. The van der Waals surface area contributed by atoms with Gasteiger partial charge in [0.1, 0.15) is 6.54 Å². The number of rotatable bonds is 5. The Kier molecular flexibility index (Phi) is 9.51. The molecule has 1 amide bonds. The van der Waals surface area contributed by atoms with Gasteiger partial charge >= 0.3 is 0 Å². The average Bonchev–Trinajstić information content (AvgIpc) is 2.70. The van der Waals surface area contributed by atoms with Crippen molar-refractivity contribution in [2.45, 2.75) is 27.3 Å². The molecule has 6 nitrogen and oxygen atoms in total. The van der Waals surface area contributed by atoms with Gasteiger partial charge in [-0.1, -0.05) is 0 Å². The van der Waals surface area contributed by atoms with Crippen LogP contribution in [0.25, 0.3) is 0 Å². The molecule has 0 saturated heterocycles. The number of halogens is 1. The Morgan fingerprint density at radius 2 is 2.00 bits per heavy atom. The fourth-order valence-corrected chi connectivity index (χ4v) is 2.41. The molecule has 1 rings (SSSR count). The highest BCUT2D eigenvalue weighted by molar-refractivity contribution is 14.0. The van der Waals surface area contributed by atoms with Gasteiger partial charge in [0.05, 0.1) is 17.2 Å². The second-order valence-corrected chi connectivity index (χ2v) is 5.87. The quantitative estimate of drug-likeness (QED) is 0.427. The van der Waals surface area contributed by atoms with Gasteiger partial charge < -0.3 is 15.5 Å². The molecule has 0 radical (unpaired) electrons. The number of aliphatic imine (C=N–C) groups is 1. The Morgan fingerprint density at radius 1 is 1.33 bits per heavy atom. The molecule has 2 N–H and O–H groups in total. The van der Waals surface area contributed by atoms with Crippen LogP contribution in [0.1, 0.15) is 22.5 Å². The highest BCUT2D eigenvalue weighted by Crippen LogP contribution is 2.16. The van der Waals surface area contributed by atoms with E-state index in [1.807, 2.05) is 20.8 Å². The van der Waals surface area contributed by atoms with Crippen LogP contribution >= 0.6 is 35.3 Å². The van der Waals surface area contributed by atoms with Gasteiger partial charge in [-0.05, 0) is 20.8 Å². The predicted molar refractivity (Wildman–Crippen MR) is 98.5 cm³/mol. The summed E-state index contributed by atoms with van der Waals surface area (Å²) in [5.74, 6) is 0.625. The molecule has 0 aliphatic heterocycles. The lowest BCUT2D eigenvalue weighted by Gasteiger charge is -2.12. The van der Waals surface area contributed by atoms with Crippen LogP contribution in [0.4, 0.5) is 0 Å². The number of likely N-dealkylation sites (N-methyl/N-ethyl adjacent to an activating group) is 1. The van der Waals surface area contributed by atoms with Gasteiger partial charge in [0.15, 0.2) is 5.96 Å². The molecule has 0 aliphatic rings. The zero-order chi connectivity index (χ0) is 15.1. The molecular weight excluding hydrogens is 401 g/mol. The highest BCUT2D eigenvalue weighted by Gasteiger charge is 2.07. The van der Waals surface area contributed by atoms with Gasteiger partial charge in [-0.15, -0.1) is 35.3 Å².